The van der Waals surface area contributed by atoms with E-state index in [9.17, 15) is 0 Å². The Kier molecular flexibility index (Phi) is 6.79. The number of nitrogens with zero attached hydrogens (tertiary/aromatic N) is 5. The molecular weight excluding hydrogens is 400 g/mol. The molecule has 0 aliphatic carbocycles. The molecule has 0 radical (unpaired) electrons. The van der Waals surface area contributed by atoms with E-state index in [0.717, 1.165) is 53.9 Å². The molecule has 0 amide bonds. The minimum absolute atomic E-state index is 0.0515. The van der Waals surface area contributed by atoms with Crippen molar-refractivity contribution in [2.24, 2.45) is 5.92 Å². The monoisotopic (exact) mass is 436 g/mol. The number of hydrogen-bond donors (Lipinski definition) is 3. The van der Waals surface area contributed by atoms with Crippen molar-refractivity contribution in [2.45, 2.75) is 45.6 Å². The standard InChI is InChI=1S/C24H36N8/c1-16(2)20-15-28-32-22(29-17(3)19-7-6-10-26-23(19)31(4)5)13-21(30-24(20)32)27-14-18-8-11-25-12-9-18/h6-7,10,13,15-18,25,29H,8-9,11-12,14H2,1-5H3,(H,27,30). The lowest BCUT2D eigenvalue weighted by Gasteiger charge is -2.24. The van der Waals surface area contributed by atoms with Crippen molar-refractivity contribution in [3.05, 3.63) is 41.7 Å². The number of piperidine rings is 1. The molecule has 0 bridgehead atoms. The van der Waals surface area contributed by atoms with Gasteiger partial charge in [-0.25, -0.2) is 9.97 Å². The van der Waals surface area contributed by atoms with Gasteiger partial charge in [0.2, 0.25) is 0 Å². The van der Waals surface area contributed by atoms with E-state index in [0.29, 0.717) is 11.8 Å². The van der Waals surface area contributed by atoms with Crippen LogP contribution in [-0.4, -0.2) is 53.3 Å². The van der Waals surface area contributed by atoms with Crippen molar-refractivity contribution in [3.63, 3.8) is 0 Å². The minimum Gasteiger partial charge on any atom is -0.370 e. The van der Waals surface area contributed by atoms with E-state index in [2.05, 4.69) is 58.9 Å². The molecule has 1 unspecified atom stereocenters. The van der Waals surface area contributed by atoms with Crippen LogP contribution >= 0.6 is 0 Å². The van der Waals surface area contributed by atoms with Gasteiger partial charge in [0.1, 0.15) is 17.5 Å². The van der Waals surface area contributed by atoms with Crippen LogP contribution in [0.2, 0.25) is 0 Å². The number of pyridine rings is 1. The van der Waals surface area contributed by atoms with Gasteiger partial charge in [0.05, 0.1) is 12.2 Å². The van der Waals surface area contributed by atoms with E-state index in [1.165, 1.54) is 12.8 Å². The molecule has 1 atom stereocenters. The van der Waals surface area contributed by atoms with Gasteiger partial charge in [-0.3, -0.25) is 0 Å². The normalized spacial score (nSPS) is 15.8. The maximum atomic E-state index is 4.94. The molecule has 1 aliphatic rings. The molecule has 8 nitrogen and oxygen atoms in total. The van der Waals surface area contributed by atoms with E-state index in [1.54, 1.807) is 0 Å². The van der Waals surface area contributed by atoms with E-state index in [1.807, 2.05) is 42.0 Å². The first kappa shape index (κ1) is 22.3. The third kappa shape index (κ3) is 4.80. The van der Waals surface area contributed by atoms with Crippen LogP contribution in [0.15, 0.2) is 30.6 Å². The summed E-state index contributed by atoms with van der Waals surface area (Å²) in [6.45, 7) is 9.67. The third-order valence-electron chi connectivity index (χ3n) is 6.22. The highest BCUT2D eigenvalue weighted by Crippen LogP contribution is 2.29. The summed E-state index contributed by atoms with van der Waals surface area (Å²) in [5.74, 6) is 3.81. The van der Waals surface area contributed by atoms with Gasteiger partial charge in [0.25, 0.3) is 0 Å². The molecule has 0 spiro atoms. The summed E-state index contributed by atoms with van der Waals surface area (Å²) in [5, 5.41) is 15.4. The van der Waals surface area contributed by atoms with Gasteiger partial charge >= 0.3 is 0 Å². The Morgan fingerprint density at radius 1 is 1.19 bits per heavy atom. The van der Waals surface area contributed by atoms with Crippen LogP contribution in [0.1, 0.15) is 56.7 Å². The quantitative estimate of drug-likeness (QED) is 0.494. The molecule has 0 aromatic carbocycles. The Balaban J connectivity index is 1.64. The van der Waals surface area contributed by atoms with Crippen LogP contribution in [0.5, 0.6) is 0 Å². The molecule has 3 aromatic heterocycles. The summed E-state index contributed by atoms with van der Waals surface area (Å²) >= 11 is 0. The molecule has 1 fully saturated rings. The molecule has 3 N–H and O–H groups in total. The van der Waals surface area contributed by atoms with Gasteiger partial charge in [-0.15, -0.1) is 0 Å². The van der Waals surface area contributed by atoms with E-state index >= 15 is 0 Å². The average molecular weight is 437 g/mol. The number of fused-ring (bicyclic) bond motifs is 1. The van der Waals surface area contributed by atoms with Crippen LogP contribution in [0.25, 0.3) is 5.65 Å². The fourth-order valence-electron chi connectivity index (χ4n) is 4.34. The predicted octanol–water partition coefficient (Wildman–Crippen LogP) is 3.90. The third-order valence-corrected chi connectivity index (χ3v) is 6.22. The lowest BCUT2D eigenvalue weighted by Crippen LogP contribution is -2.31. The fourth-order valence-corrected chi connectivity index (χ4v) is 4.34. The smallest absolute Gasteiger partial charge is 0.163 e. The van der Waals surface area contributed by atoms with Gasteiger partial charge in [-0.05, 0) is 50.8 Å². The molecule has 172 valence electrons. The van der Waals surface area contributed by atoms with Crippen LogP contribution < -0.4 is 20.9 Å². The van der Waals surface area contributed by atoms with E-state index < -0.39 is 0 Å². The highest BCUT2D eigenvalue weighted by molar-refractivity contribution is 5.62. The van der Waals surface area contributed by atoms with Gasteiger partial charge in [-0.2, -0.15) is 9.61 Å². The first-order valence-electron chi connectivity index (χ1n) is 11.7. The molecule has 0 saturated carbocycles. The van der Waals surface area contributed by atoms with Crippen LogP contribution in [0.4, 0.5) is 17.5 Å². The highest BCUT2D eigenvalue weighted by atomic mass is 15.3. The Bertz CT molecular complexity index is 1040. The zero-order valence-electron chi connectivity index (χ0n) is 19.9. The van der Waals surface area contributed by atoms with Crippen molar-refractivity contribution in [2.75, 3.05) is 49.3 Å². The second-order valence-electron chi connectivity index (χ2n) is 9.27. The minimum atomic E-state index is 0.0515. The Hall–Kier alpha value is -2.87. The second kappa shape index (κ2) is 9.73. The topological polar surface area (TPSA) is 82.4 Å². The average Bonchev–Trinajstić information content (AvgIpc) is 3.23. The van der Waals surface area contributed by atoms with Crippen LogP contribution in [0, 0.1) is 5.92 Å². The number of hydrogen-bond acceptors (Lipinski definition) is 7. The molecule has 4 rings (SSSR count). The number of nitrogens with one attached hydrogen (secondary N) is 3. The molecule has 3 aromatic rings. The van der Waals surface area contributed by atoms with Gasteiger partial charge in [0, 0.05) is 44.0 Å². The first-order valence-corrected chi connectivity index (χ1v) is 11.7. The summed E-state index contributed by atoms with van der Waals surface area (Å²) in [6, 6.07) is 6.24. The number of rotatable bonds is 8. The molecule has 32 heavy (non-hydrogen) atoms. The summed E-state index contributed by atoms with van der Waals surface area (Å²) in [4.78, 5) is 11.6. The van der Waals surface area contributed by atoms with Crippen molar-refractivity contribution in [1.29, 1.82) is 0 Å². The van der Waals surface area contributed by atoms with Gasteiger partial charge in [0.15, 0.2) is 5.65 Å². The Morgan fingerprint density at radius 3 is 2.69 bits per heavy atom. The predicted molar refractivity (Wildman–Crippen MR) is 132 cm³/mol. The van der Waals surface area contributed by atoms with Crippen molar-refractivity contribution < 1.29 is 0 Å². The second-order valence-corrected chi connectivity index (χ2v) is 9.27. The van der Waals surface area contributed by atoms with Gasteiger partial charge in [-0.1, -0.05) is 19.9 Å². The lowest BCUT2D eigenvalue weighted by molar-refractivity contribution is 0.389. The van der Waals surface area contributed by atoms with E-state index in [-0.39, 0.29) is 6.04 Å². The Labute approximate surface area is 190 Å². The number of anilines is 3. The molecular formula is C24H36N8. The SMILES string of the molecule is CC(C)c1cnn2c(NC(C)c3cccnc3N(C)C)cc(NCC3CCNCC3)nc12. The molecule has 8 heteroatoms. The zero-order chi connectivity index (χ0) is 22.7. The maximum absolute atomic E-state index is 4.94. The summed E-state index contributed by atoms with van der Waals surface area (Å²) in [7, 11) is 4.04. The first-order chi connectivity index (χ1) is 15.4. The molecule has 1 aliphatic heterocycles. The largest absolute Gasteiger partial charge is 0.370 e. The summed E-state index contributed by atoms with van der Waals surface area (Å²) in [6.07, 6.45) is 6.18. The van der Waals surface area contributed by atoms with Crippen LogP contribution in [-0.2, 0) is 0 Å². The number of aromatic nitrogens is 4. The maximum Gasteiger partial charge on any atom is 0.163 e. The Morgan fingerprint density at radius 2 is 1.97 bits per heavy atom. The highest BCUT2D eigenvalue weighted by Gasteiger charge is 2.19. The summed E-state index contributed by atoms with van der Waals surface area (Å²) in [5.41, 5.74) is 3.20. The van der Waals surface area contributed by atoms with Crippen LogP contribution in [0.3, 0.4) is 0 Å². The van der Waals surface area contributed by atoms with Crippen molar-refractivity contribution >= 4 is 23.1 Å². The summed E-state index contributed by atoms with van der Waals surface area (Å²) < 4.78 is 1.92. The lowest BCUT2D eigenvalue weighted by atomic mass is 9.98. The van der Waals surface area contributed by atoms with E-state index in [4.69, 9.17) is 4.98 Å². The van der Waals surface area contributed by atoms with Crippen molar-refractivity contribution in [3.8, 4) is 0 Å². The van der Waals surface area contributed by atoms with Gasteiger partial charge < -0.3 is 20.9 Å². The van der Waals surface area contributed by atoms with Crippen molar-refractivity contribution in [1.82, 2.24) is 24.9 Å². The fraction of sp³-hybridized carbons (Fsp3) is 0.542. The zero-order valence-corrected chi connectivity index (χ0v) is 19.9. The molecule has 1 saturated heterocycles. The molecule has 4 heterocycles.